The molecule has 2 N–H and O–H groups in total. The zero-order valence-electron chi connectivity index (χ0n) is 9.26. The van der Waals surface area contributed by atoms with Crippen molar-refractivity contribution in [3.8, 4) is 0 Å². The highest BCUT2D eigenvalue weighted by Gasteiger charge is 2.58. The van der Waals surface area contributed by atoms with Crippen LogP contribution in [0.1, 0.15) is 22.8 Å². The standard InChI is InChI=1S/C11H10F5NO/c1-6(17)9(18)7-2-4-8(5-3-7)10(12,13)11(14,15)16/h2-6H,17H2,1H3. The maximum atomic E-state index is 12.9. The Bertz CT molecular complexity index is 436. The lowest BCUT2D eigenvalue weighted by atomic mass is 10.0. The van der Waals surface area contributed by atoms with Crippen LogP contribution in [0.25, 0.3) is 0 Å². The number of nitrogens with two attached hydrogens (primary N) is 1. The van der Waals surface area contributed by atoms with Gasteiger partial charge in [0.15, 0.2) is 5.78 Å². The first kappa shape index (κ1) is 14.6. The molecule has 0 saturated carbocycles. The monoisotopic (exact) mass is 267 g/mol. The van der Waals surface area contributed by atoms with Gasteiger partial charge in [0.2, 0.25) is 0 Å². The molecule has 0 fully saturated rings. The van der Waals surface area contributed by atoms with E-state index in [1.165, 1.54) is 6.92 Å². The zero-order valence-corrected chi connectivity index (χ0v) is 9.26. The lowest BCUT2D eigenvalue weighted by molar-refractivity contribution is -0.289. The van der Waals surface area contributed by atoms with Gasteiger partial charge >= 0.3 is 12.1 Å². The first-order valence-corrected chi connectivity index (χ1v) is 4.92. The van der Waals surface area contributed by atoms with Crippen molar-refractivity contribution in [3.63, 3.8) is 0 Å². The molecule has 0 aliphatic carbocycles. The molecule has 1 aromatic carbocycles. The highest BCUT2D eigenvalue weighted by molar-refractivity contribution is 5.99. The summed E-state index contributed by atoms with van der Waals surface area (Å²) in [6.45, 7) is 1.39. The first-order valence-electron chi connectivity index (χ1n) is 4.92. The number of carbonyl (C=O) groups is 1. The minimum atomic E-state index is -5.67. The Morgan fingerprint density at radius 1 is 1.11 bits per heavy atom. The minimum absolute atomic E-state index is 0.00766. The van der Waals surface area contributed by atoms with Crippen molar-refractivity contribution in [2.75, 3.05) is 0 Å². The number of rotatable bonds is 3. The molecule has 100 valence electrons. The summed E-state index contributed by atoms with van der Waals surface area (Å²) in [7, 11) is 0. The van der Waals surface area contributed by atoms with E-state index in [-0.39, 0.29) is 5.56 Å². The Morgan fingerprint density at radius 3 is 1.89 bits per heavy atom. The molecule has 0 amide bonds. The summed E-state index contributed by atoms with van der Waals surface area (Å²) in [5.41, 5.74) is 4.06. The predicted octanol–water partition coefficient (Wildman–Crippen LogP) is 2.87. The molecule has 7 heteroatoms. The third-order valence-corrected chi connectivity index (χ3v) is 2.30. The van der Waals surface area contributed by atoms with E-state index in [1.54, 1.807) is 0 Å². The van der Waals surface area contributed by atoms with Gasteiger partial charge < -0.3 is 5.73 Å². The molecule has 18 heavy (non-hydrogen) atoms. The SMILES string of the molecule is CC(N)C(=O)c1ccc(C(F)(F)C(F)(F)F)cc1. The number of hydrogen-bond donors (Lipinski definition) is 1. The van der Waals surface area contributed by atoms with Crippen LogP contribution in [0.2, 0.25) is 0 Å². The van der Waals surface area contributed by atoms with Gasteiger partial charge in [0, 0.05) is 11.1 Å². The number of Topliss-reactive ketones (excluding diaryl/α,β-unsaturated/α-hetero) is 1. The van der Waals surface area contributed by atoms with E-state index in [2.05, 4.69) is 0 Å². The van der Waals surface area contributed by atoms with Crippen molar-refractivity contribution in [2.24, 2.45) is 5.73 Å². The van der Waals surface area contributed by atoms with Crippen molar-refractivity contribution >= 4 is 5.78 Å². The van der Waals surface area contributed by atoms with Crippen LogP contribution in [0, 0.1) is 0 Å². The second-order valence-corrected chi connectivity index (χ2v) is 3.80. The Balaban J connectivity index is 3.07. The highest BCUT2D eigenvalue weighted by atomic mass is 19.4. The van der Waals surface area contributed by atoms with Crippen molar-refractivity contribution in [1.82, 2.24) is 0 Å². The molecular weight excluding hydrogens is 257 g/mol. The lowest BCUT2D eigenvalue weighted by Crippen LogP contribution is -2.33. The smallest absolute Gasteiger partial charge is 0.321 e. The normalized spacial score (nSPS) is 14.4. The largest absolute Gasteiger partial charge is 0.458 e. The fourth-order valence-corrected chi connectivity index (χ4v) is 1.27. The van der Waals surface area contributed by atoms with E-state index in [4.69, 9.17) is 5.73 Å². The van der Waals surface area contributed by atoms with Gasteiger partial charge in [-0.2, -0.15) is 22.0 Å². The van der Waals surface area contributed by atoms with Crippen LogP contribution < -0.4 is 5.73 Å². The molecule has 1 aromatic rings. The van der Waals surface area contributed by atoms with E-state index >= 15 is 0 Å². The van der Waals surface area contributed by atoms with Crippen molar-refractivity contribution in [1.29, 1.82) is 0 Å². The quantitative estimate of drug-likeness (QED) is 0.676. The maximum absolute atomic E-state index is 12.9. The van der Waals surface area contributed by atoms with Crippen LogP contribution in [0.4, 0.5) is 22.0 Å². The third-order valence-electron chi connectivity index (χ3n) is 2.30. The van der Waals surface area contributed by atoms with Crippen LogP contribution in [0.3, 0.4) is 0 Å². The van der Waals surface area contributed by atoms with Gasteiger partial charge in [-0.3, -0.25) is 4.79 Å². The second-order valence-electron chi connectivity index (χ2n) is 3.80. The van der Waals surface area contributed by atoms with Crippen LogP contribution in [-0.2, 0) is 5.92 Å². The van der Waals surface area contributed by atoms with Crippen LogP contribution in [0.5, 0.6) is 0 Å². The molecular formula is C11H10F5NO. The summed E-state index contributed by atoms with van der Waals surface area (Å²) < 4.78 is 62.0. The van der Waals surface area contributed by atoms with Gasteiger partial charge in [0.05, 0.1) is 6.04 Å². The van der Waals surface area contributed by atoms with Gasteiger partial charge in [0.1, 0.15) is 0 Å². The summed E-state index contributed by atoms with van der Waals surface area (Å²) in [4.78, 5) is 11.4. The number of carbonyl (C=O) groups excluding carboxylic acids is 1. The molecule has 2 nitrogen and oxygen atoms in total. The Morgan fingerprint density at radius 2 is 1.56 bits per heavy atom. The number of hydrogen-bond acceptors (Lipinski definition) is 2. The van der Waals surface area contributed by atoms with Crippen molar-refractivity contribution < 1.29 is 26.7 Å². The molecule has 0 heterocycles. The number of alkyl halides is 5. The number of benzene rings is 1. The summed E-state index contributed by atoms with van der Waals surface area (Å²) in [6, 6.07) is 2.10. The Kier molecular flexibility index (Phi) is 3.75. The lowest BCUT2D eigenvalue weighted by Gasteiger charge is -2.20. The summed E-state index contributed by atoms with van der Waals surface area (Å²) in [5, 5.41) is 0. The molecule has 0 aromatic heterocycles. The highest BCUT2D eigenvalue weighted by Crippen LogP contribution is 2.43. The topological polar surface area (TPSA) is 43.1 Å². The molecule has 1 unspecified atom stereocenters. The second kappa shape index (κ2) is 4.64. The average molecular weight is 267 g/mol. The van der Waals surface area contributed by atoms with Gasteiger partial charge in [-0.15, -0.1) is 0 Å². The third kappa shape index (κ3) is 2.66. The number of halogens is 5. The predicted molar refractivity (Wildman–Crippen MR) is 54.4 cm³/mol. The Labute approximate surface area is 99.6 Å². The average Bonchev–Trinajstić information content (AvgIpc) is 2.26. The van der Waals surface area contributed by atoms with E-state index < -0.39 is 29.5 Å². The van der Waals surface area contributed by atoms with Crippen LogP contribution in [-0.4, -0.2) is 18.0 Å². The van der Waals surface area contributed by atoms with Crippen molar-refractivity contribution in [3.05, 3.63) is 35.4 Å². The molecule has 0 bridgehead atoms. The van der Waals surface area contributed by atoms with Gasteiger partial charge in [-0.25, -0.2) is 0 Å². The molecule has 0 aliphatic rings. The molecule has 1 rings (SSSR count). The van der Waals surface area contributed by atoms with Crippen molar-refractivity contribution in [2.45, 2.75) is 25.1 Å². The van der Waals surface area contributed by atoms with E-state index in [9.17, 15) is 26.7 Å². The minimum Gasteiger partial charge on any atom is -0.321 e. The molecule has 0 spiro atoms. The summed E-state index contributed by atoms with van der Waals surface area (Å²) >= 11 is 0. The van der Waals surface area contributed by atoms with E-state index in [0.29, 0.717) is 12.1 Å². The van der Waals surface area contributed by atoms with Crippen LogP contribution in [0.15, 0.2) is 24.3 Å². The van der Waals surface area contributed by atoms with Gasteiger partial charge in [0.25, 0.3) is 0 Å². The first-order chi connectivity index (χ1) is 8.07. The molecule has 0 saturated heterocycles. The molecule has 0 aliphatic heterocycles. The zero-order chi connectivity index (χ0) is 14.1. The van der Waals surface area contributed by atoms with Gasteiger partial charge in [-0.05, 0) is 6.92 Å². The van der Waals surface area contributed by atoms with Gasteiger partial charge in [-0.1, -0.05) is 24.3 Å². The van der Waals surface area contributed by atoms with Crippen LogP contribution >= 0.6 is 0 Å². The number of ketones is 1. The molecule has 0 radical (unpaired) electrons. The summed E-state index contributed by atoms with van der Waals surface area (Å²) in [6.07, 6.45) is -5.67. The van der Waals surface area contributed by atoms with E-state index in [0.717, 1.165) is 12.1 Å². The fraction of sp³-hybridized carbons (Fsp3) is 0.364. The van der Waals surface area contributed by atoms with E-state index in [1.807, 2.05) is 0 Å². The maximum Gasteiger partial charge on any atom is 0.458 e. The summed E-state index contributed by atoms with van der Waals surface area (Å²) in [5.74, 6) is -5.47. The Hall–Kier alpha value is -1.50. The molecule has 1 atom stereocenters. The fourth-order valence-electron chi connectivity index (χ4n) is 1.27.